The third kappa shape index (κ3) is 2.02. The van der Waals surface area contributed by atoms with Gasteiger partial charge in [0.1, 0.15) is 5.76 Å². The number of nitrogens with one attached hydrogen (secondary N) is 1. The van der Waals surface area contributed by atoms with Gasteiger partial charge in [-0.2, -0.15) is 5.10 Å². The molecule has 0 amide bonds. The summed E-state index contributed by atoms with van der Waals surface area (Å²) in [4.78, 5) is 0. The van der Waals surface area contributed by atoms with Crippen LogP contribution in [0.5, 0.6) is 0 Å². The van der Waals surface area contributed by atoms with Gasteiger partial charge in [-0.1, -0.05) is 0 Å². The highest BCUT2D eigenvalue weighted by Crippen LogP contribution is 2.22. The molecule has 0 aliphatic rings. The van der Waals surface area contributed by atoms with Crippen LogP contribution in [0.1, 0.15) is 29.9 Å². The molecule has 4 heteroatoms. The van der Waals surface area contributed by atoms with E-state index in [0.29, 0.717) is 0 Å². The topological polar surface area (TPSA) is 43.0 Å². The quantitative estimate of drug-likeness (QED) is 0.856. The first-order valence-corrected chi connectivity index (χ1v) is 5.49. The molecule has 86 valence electrons. The van der Waals surface area contributed by atoms with Gasteiger partial charge in [-0.15, -0.1) is 0 Å². The van der Waals surface area contributed by atoms with E-state index in [1.807, 2.05) is 30.9 Å². The van der Waals surface area contributed by atoms with E-state index in [1.165, 1.54) is 0 Å². The Balaban J connectivity index is 2.28. The van der Waals surface area contributed by atoms with E-state index in [9.17, 15) is 0 Å². The first kappa shape index (κ1) is 11.0. The molecule has 16 heavy (non-hydrogen) atoms. The van der Waals surface area contributed by atoms with E-state index in [4.69, 9.17) is 4.42 Å². The molecule has 2 aromatic rings. The fourth-order valence-corrected chi connectivity index (χ4v) is 1.84. The maximum absolute atomic E-state index is 5.33. The zero-order valence-corrected chi connectivity index (χ0v) is 9.90. The van der Waals surface area contributed by atoms with Gasteiger partial charge in [0.15, 0.2) is 0 Å². The smallest absolute Gasteiger partial charge is 0.101 e. The summed E-state index contributed by atoms with van der Waals surface area (Å²) < 4.78 is 7.26. The van der Waals surface area contributed by atoms with Crippen LogP contribution >= 0.6 is 0 Å². The number of aromatic nitrogens is 2. The molecule has 2 aromatic heterocycles. The molecule has 0 radical (unpaired) electrons. The van der Waals surface area contributed by atoms with E-state index in [0.717, 1.165) is 23.4 Å². The molecule has 2 rings (SSSR count). The van der Waals surface area contributed by atoms with Gasteiger partial charge in [0.2, 0.25) is 0 Å². The third-order valence-electron chi connectivity index (χ3n) is 2.68. The van der Waals surface area contributed by atoms with Crippen molar-refractivity contribution in [3.63, 3.8) is 0 Å². The van der Waals surface area contributed by atoms with E-state index in [1.54, 1.807) is 6.26 Å². The van der Waals surface area contributed by atoms with Crippen LogP contribution in [-0.2, 0) is 6.54 Å². The average Bonchev–Trinajstić information content (AvgIpc) is 2.89. The molecule has 0 saturated heterocycles. The number of hydrogen-bond donors (Lipinski definition) is 1. The lowest BCUT2D eigenvalue weighted by atomic mass is 10.1. The Kier molecular flexibility index (Phi) is 3.10. The summed E-state index contributed by atoms with van der Waals surface area (Å²) in [5.41, 5.74) is 2.29. The van der Waals surface area contributed by atoms with Crippen molar-refractivity contribution >= 4 is 0 Å². The Hall–Kier alpha value is -1.55. The van der Waals surface area contributed by atoms with Crippen LogP contribution in [0.3, 0.4) is 0 Å². The highest BCUT2D eigenvalue weighted by Gasteiger charge is 2.15. The molecule has 0 aromatic carbocycles. The first-order valence-electron chi connectivity index (χ1n) is 5.49. The van der Waals surface area contributed by atoms with E-state index in [-0.39, 0.29) is 6.04 Å². The summed E-state index contributed by atoms with van der Waals surface area (Å²) >= 11 is 0. The predicted octanol–water partition coefficient (Wildman–Crippen LogP) is 2.11. The molecule has 1 N–H and O–H groups in total. The molecule has 4 nitrogen and oxygen atoms in total. The second kappa shape index (κ2) is 4.53. The molecular weight excluding hydrogens is 202 g/mol. The van der Waals surface area contributed by atoms with Gasteiger partial charge in [0, 0.05) is 23.9 Å². The Morgan fingerprint density at radius 2 is 2.31 bits per heavy atom. The van der Waals surface area contributed by atoms with Gasteiger partial charge in [-0.3, -0.25) is 4.68 Å². The van der Waals surface area contributed by atoms with Crippen LogP contribution in [0.4, 0.5) is 0 Å². The number of nitrogens with zero attached hydrogens (tertiary/aromatic N) is 2. The molecule has 1 unspecified atom stereocenters. The Bertz CT molecular complexity index is 458. The van der Waals surface area contributed by atoms with Gasteiger partial charge in [-0.05, 0) is 27.0 Å². The third-order valence-corrected chi connectivity index (χ3v) is 2.68. The number of furan rings is 1. The molecule has 0 fully saturated rings. The second-order valence-electron chi connectivity index (χ2n) is 3.84. The van der Waals surface area contributed by atoms with Crippen molar-refractivity contribution in [3.8, 4) is 0 Å². The summed E-state index contributed by atoms with van der Waals surface area (Å²) in [5.74, 6) is 0.929. The number of aryl methyl sites for hydroxylation is 2. The van der Waals surface area contributed by atoms with E-state index >= 15 is 0 Å². The van der Waals surface area contributed by atoms with E-state index in [2.05, 4.69) is 23.5 Å². The Morgan fingerprint density at radius 3 is 2.81 bits per heavy atom. The van der Waals surface area contributed by atoms with Gasteiger partial charge < -0.3 is 9.73 Å². The van der Waals surface area contributed by atoms with E-state index < -0.39 is 0 Å². The highest BCUT2D eigenvalue weighted by atomic mass is 16.3. The fourth-order valence-electron chi connectivity index (χ4n) is 1.84. The number of hydrogen-bond acceptors (Lipinski definition) is 3. The SMILES string of the molecule is CCn1cc(C(NC)c2coc(C)c2)cn1. The minimum atomic E-state index is 0.151. The molecular formula is C12H17N3O. The van der Waals surface area contributed by atoms with Crippen molar-refractivity contribution in [3.05, 3.63) is 41.6 Å². The minimum absolute atomic E-state index is 0.151. The van der Waals surface area contributed by atoms with Crippen molar-refractivity contribution < 1.29 is 4.42 Å². The van der Waals surface area contributed by atoms with Gasteiger partial charge in [0.05, 0.1) is 18.5 Å². The monoisotopic (exact) mass is 219 g/mol. The molecule has 0 bridgehead atoms. The molecule has 0 spiro atoms. The standard InChI is InChI=1S/C12H17N3O/c1-4-15-7-11(6-14-15)12(13-3)10-5-9(2)16-8-10/h5-8,12-13H,4H2,1-3H3. The maximum Gasteiger partial charge on any atom is 0.101 e. The Morgan fingerprint density at radius 1 is 1.50 bits per heavy atom. The Labute approximate surface area is 95.3 Å². The van der Waals surface area contributed by atoms with Crippen LogP contribution < -0.4 is 5.32 Å². The maximum atomic E-state index is 5.33. The largest absolute Gasteiger partial charge is 0.469 e. The van der Waals surface area contributed by atoms with Crippen molar-refractivity contribution in [1.82, 2.24) is 15.1 Å². The highest BCUT2D eigenvalue weighted by molar-refractivity contribution is 5.27. The van der Waals surface area contributed by atoms with Crippen molar-refractivity contribution in [2.45, 2.75) is 26.4 Å². The van der Waals surface area contributed by atoms with Crippen LogP contribution in [0.2, 0.25) is 0 Å². The van der Waals surface area contributed by atoms with Gasteiger partial charge >= 0.3 is 0 Å². The minimum Gasteiger partial charge on any atom is -0.469 e. The summed E-state index contributed by atoms with van der Waals surface area (Å²) in [5, 5.41) is 7.55. The summed E-state index contributed by atoms with van der Waals surface area (Å²) in [7, 11) is 1.94. The fraction of sp³-hybridized carbons (Fsp3) is 0.417. The average molecular weight is 219 g/mol. The molecule has 0 saturated carbocycles. The number of rotatable bonds is 4. The van der Waals surface area contributed by atoms with Crippen molar-refractivity contribution in [2.75, 3.05) is 7.05 Å². The van der Waals surface area contributed by atoms with Gasteiger partial charge in [-0.25, -0.2) is 0 Å². The van der Waals surface area contributed by atoms with Gasteiger partial charge in [0.25, 0.3) is 0 Å². The predicted molar refractivity (Wildman–Crippen MR) is 62.2 cm³/mol. The lowest BCUT2D eigenvalue weighted by Crippen LogP contribution is -2.16. The molecule has 1 atom stereocenters. The van der Waals surface area contributed by atoms with Crippen LogP contribution in [0, 0.1) is 6.92 Å². The van der Waals surface area contributed by atoms with Crippen LogP contribution in [0.25, 0.3) is 0 Å². The summed E-state index contributed by atoms with van der Waals surface area (Å²) in [6, 6.07) is 2.20. The normalized spacial score (nSPS) is 12.9. The lowest BCUT2D eigenvalue weighted by Gasteiger charge is -2.11. The van der Waals surface area contributed by atoms with Crippen molar-refractivity contribution in [2.24, 2.45) is 0 Å². The summed E-state index contributed by atoms with van der Waals surface area (Å²) in [6.07, 6.45) is 5.75. The second-order valence-corrected chi connectivity index (χ2v) is 3.84. The zero-order valence-electron chi connectivity index (χ0n) is 9.90. The van der Waals surface area contributed by atoms with Crippen molar-refractivity contribution in [1.29, 1.82) is 0 Å². The zero-order chi connectivity index (χ0) is 11.5. The summed E-state index contributed by atoms with van der Waals surface area (Å²) in [6.45, 7) is 4.92. The molecule has 0 aliphatic heterocycles. The molecule has 2 heterocycles. The molecule has 0 aliphatic carbocycles. The van der Waals surface area contributed by atoms with Crippen LogP contribution in [-0.4, -0.2) is 16.8 Å². The van der Waals surface area contributed by atoms with Crippen LogP contribution in [0.15, 0.2) is 29.1 Å². The lowest BCUT2D eigenvalue weighted by molar-refractivity contribution is 0.528. The first-order chi connectivity index (χ1) is 7.74.